The number of rotatable bonds is 7. The Morgan fingerprint density at radius 1 is 1.38 bits per heavy atom. The van der Waals surface area contributed by atoms with Crippen LogP contribution in [0.3, 0.4) is 0 Å². The minimum atomic E-state index is -0.148. The molecule has 4 nitrogen and oxygen atoms in total. The highest BCUT2D eigenvalue weighted by Crippen LogP contribution is 2.22. The van der Waals surface area contributed by atoms with Crippen molar-refractivity contribution in [2.24, 2.45) is 0 Å². The summed E-state index contributed by atoms with van der Waals surface area (Å²) in [4.78, 5) is 14.5. The lowest BCUT2D eigenvalue weighted by Crippen LogP contribution is -2.38. The lowest BCUT2D eigenvalue weighted by molar-refractivity contribution is 0.0906. The SMILES string of the molecule is CCN(CC)[C@@H](CNC(=O)c1occc1C)c1ccsc1. The maximum absolute atomic E-state index is 12.2. The van der Waals surface area contributed by atoms with Crippen molar-refractivity contribution in [3.63, 3.8) is 0 Å². The lowest BCUT2D eigenvalue weighted by Gasteiger charge is -2.29. The fourth-order valence-corrected chi connectivity index (χ4v) is 3.17. The van der Waals surface area contributed by atoms with Gasteiger partial charge in [0.05, 0.1) is 12.3 Å². The molecule has 0 unspecified atom stereocenters. The van der Waals surface area contributed by atoms with E-state index < -0.39 is 0 Å². The highest BCUT2D eigenvalue weighted by molar-refractivity contribution is 7.07. The molecule has 0 bridgehead atoms. The number of hydrogen-bond acceptors (Lipinski definition) is 4. The molecule has 5 heteroatoms. The third-order valence-corrected chi connectivity index (χ3v) is 4.41. The Morgan fingerprint density at radius 2 is 2.14 bits per heavy atom. The van der Waals surface area contributed by atoms with Crippen molar-refractivity contribution in [2.45, 2.75) is 26.8 Å². The molecule has 0 fully saturated rings. The molecule has 1 N–H and O–H groups in total. The largest absolute Gasteiger partial charge is 0.459 e. The van der Waals surface area contributed by atoms with Crippen LogP contribution in [0.2, 0.25) is 0 Å². The van der Waals surface area contributed by atoms with E-state index in [1.54, 1.807) is 23.7 Å². The number of amides is 1. The first kappa shape index (κ1) is 15.8. The Morgan fingerprint density at radius 3 is 2.67 bits per heavy atom. The average Bonchev–Trinajstić information content (AvgIpc) is 3.14. The normalized spacial score (nSPS) is 12.6. The van der Waals surface area contributed by atoms with Crippen molar-refractivity contribution in [1.29, 1.82) is 0 Å². The Bertz CT molecular complexity index is 559. The predicted octanol–water partition coefficient (Wildman–Crippen LogP) is 3.46. The highest BCUT2D eigenvalue weighted by Gasteiger charge is 2.20. The molecule has 0 saturated heterocycles. The molecule has 0 aliphatic carbocycles. The van der Waals surface area contributed by atoms with Crippen LogP contribution >= 0.6 is 11.3 Å². The molecule has 0 aliphatic rings. The van der Waals surface area contributed by atoms with Gasteiger partial charge in [0.25, 0.3) is 5.91 Å². The summed E-state index contributed by atoms with van der Waals surface area (Å²) in [5.74, 6) is 0.253. The number of carbonyl (C=O) groups excluding carboxylic acids is 1. The van der Waals surface area contributed by atoms with Gasteiger partial charge >= 0.3 is 0 Å². The van der Waals surface area contributed by atoms with Crippen LogP contribution in [0.4, 0.5) is 0 Å². The first-order chi connectivity index (χ1) is 10.2. The van der Waals surface area contributed by atoms with E-state index in [0.29, 0.717) is 12.3 Å². The molecule has 1 amide bonds. The summed E-state index contributed by atoms with van der Waals surface area (Å²) >= 11 is 1.68. The van der Waals surface area contributed by atoms with Gasteiger partial charge in [0, 0.05) is 12.1 Å². The average molecular weight is 306 g/mol. The molecule has 2 aromatic rings. The lowest BCUT2D eigenvalue weighted by atomic mass is 10.1. The predicted molar refractivity (Wildman–Crippen MR) is 85.8 cm³/mol. The molecule has 114 valence electrons. The summed E-state index contributed by atoms with van der Waals surface area (Å²) in [5, 5.41) is 7.21. The third kappa shape index (κ3) is 3.74. The first-order valence-electron chi connectivity index (χ1n) is 7.25. The van der Waals surface area contributed by atoms with E-state index in [9.17, 15) is 4.79 Å². The number of likely N-dealkylation sites (N-methyl/N-ethyl adjacent to an activating group) is 1. The van der Waals surface area contributed by atoms with E-state index in [2.05, 4.69) is 40.9 Å². The Kier molecular flexibility index (Phi) is 5.59. The molecule has 21 heavy (non-hydrogen) atoms. The first-order valence-corrected chi connectivity index (χ1v) is 8.20. The maximum Gasteiger partial charge on any atom is 0.287 e. The number of nitrogens with one attached hydrogen (secondary N) is 1. The Balaban J connectivity index is 2.06. The summed E-state index contributed by atoms with van der Waals surface area (Å²) in [6, 6.07) is 4.12. The summed E-state index contributed by atoms with van der Waals surface area (Å²) in [6.07, 6.45) is 1.55. The standard InChI is InChI=1S/C16H22N2O2S/c1-4-18(5-2)14(13-7-9-21-11-13)10-17-16(19)15-12(3)6-8-20-15/h6-9,11,14H,4-5,10H2,1-3H3,(H,17,19)/t14-/m0/s1. The smallest absolute Gasteiger partial charge is 0.287 e. The molecule has 0 spiro atoms. The highest BCUT2D eigenvalue weighted by atomic mass is 32.1. The van der Waals surface area contributed by atoms with Gasteiger partial charge in [-0.2, -0.15) is 11.3 Å². The zero-order valence-corrected chi connectivity index (χ0v) is 13.6. The van der Waals surface area contributed by atoms with Gasteiger partial charge in [-0.1, -0.05) is 13.8 Å². The van der Waals surface area contributed by atoms with Crippen molar-refractivity contribution in [3.05, 3.63) is 46.0 Å². The molecule has 2 aromatic heterocycles. The fourth-order valence-electron chi connectivity index (χ4n) is 2.46. The van der Waals surface area contributed by atoms with E-state index >= 15 is 0 Å². The second-order valence-corrected chi connectivity index (χ2v) is 5.72. The summed E-state index contributed by atoms with van der Waals surface area (Å²) in [7, 11) is 0. The van der Waals surface area contributed by atoms with Crippen molar-refractivity contribution in [3.8, 4) is 0 Å². The number of thiophene rings is 1. The Hall–Kier alpha value is -1.59. The quantitative estimate of drug-likeness (QED) is 0.852. The monoisotopic (exact) mass is 306 g/mol. The van der Waals surface area contributed by atoms with Gasteiger partial charge in [0.2, 0.25) is 0 Å². The molecule has 0 aromatic carbocycles. The van der Waals surface area contributed by atoms with E-state index in [-0.39, 0.29) is 11.9 Å². The van der Waals surface area contributed by atoms with Crippen molar-refractivity contribution < 1.29 is 9.21 Å². The van der Waals surface area contributed by atoms with Crippen molar-refractivity contribution >= 4 is 17.2 Å². The zero-order chi connectivity index (χ0) is 15.2. The molecule has 2 rings (SSSR count). The minimum Gasteiger partial charge on any atom is -0.459 e. The second-order valence-electron chi connectivity index (χ2n) is 4.94. The van der Waals surface area contributed by atoms with Crippen LogP contribution in [0.15, 0.2) is 33.6 Å². The molecular weight excluding hydrogens is 284 g/mol. The number of aryl methyl sites for hydroxylation is 1. The summed E-state index contributed by atoms with van der Waals surface area (Å²) in [5.41, 5.74) is 2.11. The van der Waals surface area contributed by atoms with E-state index in [4.69, 9.17) is 4.42 Å². The van der Waals surface area contributed by atoms with Gasteiger partial charge in [-0.25, -0.2) is 0 Å². The van der Waals surface area contributed by atoms with Gasteiger partial charge in [-0.05, 0) is 48.5 Å². The van der Waals surface area contributed by atoms with Gasteiger partial charge in [0.15, 0.2) is 5.76 Å². The Labute approximate surface area is 129 Å². The fraction of sp³-hybridized carbons (Fsp3) is 0.438. The second kappa shape index (κ2) is 7.43. The molecule has 1 atom stereocenters. The molecule has 0 saturated carbocycles. The summed E-state index contributed by atoms with van der Waals surface area (Å²) < 4.78 is 5.24. The van der Waals surface area contributed by atoms with Gasteiger partial charge in [0.1, 0.15) is 0 Å². The maximum atomic E-state index is 12.2. The van der Waals surface area contributed by atoms with Crippen LogP contribution in [0, 0.1) is 6.92 Å². The number of nitrogens with zero attached hydrogens (tertiary/aromatic N) is 1. The minimum absolute atomic E-state index is 0.148. The van der Waals surface area contributed by atoms with Crippen LogP contribution in [0.5, 0.6) is 0 Å². The molecule has 2 heterocycles. The molecule has 0 radical (unpaired) electrons. The molecule has 0 aliphatic heterocycles. The van der Waals surface area contributed by atoms with Crippen LogP contribution in [0.1, 0.15) is 41.6 Å². The topological polar surface area (TPSA) is 45.5 Å². The van der Waals surface area contributed by atoms with Crippen LogP contribution in [0.25, 0.3) is 0 Å². The van der Waals surface area contributed by atoms with Crippen LogP contribution < -0.4 is 5.32 Å². The number of hydrogen-bond donors (Lipinski definition) is 1. The van der Waals surface area contributed by atoms with E-state index in [0.717, 1.165) is 18.7 Å². The third-order valence-electron chi connectivity index (χ3n) is 3.71. The van der Waals surface area contributed by atoms with Crippen molar-refractivity contribution in [1.82, 2.24) is 10.2 Å². The van der Waals surface area contributed by atoms with Gasteiger partial charge in [-0.15, -0.1) is 0 Å². The van der Waals surface area contributed by atoms with Crippen molar-refractivity contribution in [2.75, 3.05) is 19.6 Å². The number of furan rings is 1. The van der Waals surface area contributed by atoms with Crippen LogP contribution in [-0.2, 0) is 0 Å². The van der Waals surface area contributed by atoms with Gasteiger partial charge < -0.3 is 9.73 Å². The number of carbonyl (C=O) groups is 1. The van der Waals surface area contributed by atoms with Gasteiger partial charge in [-0.3, -0.25) is 9.69 Å². The summed E-state index contributed by atoms with van der Waals surface area (Å²) in [6.45, 7) is 8.64. The zero-order valence-electron chi connectivity index (χ0n) is 12.8. The van der Waals surface area contributed by atoms with E-state index in [1.807, 2.05) is 6.92 Å². The van der Waals surface area contributed by atoms with E-state index in [1.165, 1.54) is 5.56 Å². The molecular formula is C16H22N2O2S. The van der Waals surface area contributed by atoms with Crippen LogP contribution in [-0.4, -0.2) is 30.4 Å².